The van der Waals surface area contributed by atoms with Gasteiger partial charge in [-0.05, 0) is 57.5 Å². The molecule has 0 aromatic heterocycles. The number of anilines is 1. The molecule has 0 unspecified atom stereocenters. The monoisotopic (exact) mass is 434 g/mol. The van der Waals surface area contributed by atoms with Crippen molar-refractivity contribution in [2.75, 3.05) is 65.8 Å². The van der Waals surface area contributed by atoms with Crippen molar-refractivity contribution < 1.29 is 9.59 Å². The van der Waals surface area contributed by atoms with Crippen molar-refractivity contribution in [3.63, 3.8) is 0 Å². The molecule has 1 fully saturated rings. The average Bonchev–Trinajstić information content (AvgIpc) is 2.77. The molecule has 3 rings (SSSR count). The summed E-state index contributed by atoms with van der Waals surface area (Å²) >= 11 is 0. The van der Waals surface area contributed by atoms with Crippen molar-refractivity contribution in [2.45, 2.75) is 6.54 Å². The van der Waals surface area contributed by atoms with E-state index in [1.54, 1.807) is 6.08 Å². The Morgan fingerprint density at radius 2 is 1.62 bits per heavy atom. The number of ketones is 1. The second kappa shape index (κ2) is 11.1. The van der Waals surface area contributed by atoms with Crippen molar-refractivity contribution in [3.8, 4) is 0 Å². The zero-order valence-corrected chi connectivity index (χ0v) is 19.6. The zero-order chi connectivity index (χ0) is 23.1. The first-order valence-corrected chi connectivity index (χ1v) is 11.1. The molecule has 0 bridgehead atoms. The van der Waals surface area contributed by atoms with Crippen LogP contribution < -0.4 is 4.90 Å². The highest BCUT2D eigenvalue weighted by Gasteiger charge is 2.21. The van der Waals surface area contributed by atoms with E-state index in [9.17, 15) is 9.59 Å². The Balaban J connectivity index is 1.62. The fourth-order valence-corrected chi connectivity index (χ4v) is 3.87. The third-order valence-electron chi connectivity index (χ3n) is 5.46. The molecule has 1 heterocycles. The number of carbonyl (C=O) groups excluding carboxylic acids is 2. The van der Waals surface area contributed by atoms with Gasteiger partial charge in [0.15, 0.2) is 5.78 Å². The lowest BCUT2D eigenvalue weighted by Crippen LogP contribution is -2.50. The van der Waals surface area contributed by atoms with Gasteiger partial charge in [-0.3, -0.25) is 9.59 Å². The summed E-state index contributed by atoms with van der Waals surface area (Å²) in [4.78, 5) is 33.2. The van der Waals surface area contributed by atoms with E-state index in [1.807, 2.05) is 80.5 Å². The Labute approximate surface area is 191 Å². The summed E-state index contributed by atoms with van der Waals surface area (Å²) in [5.74, 6) is 0.156. The topological polar surface area (TPSA) is 47.1 Å². The van der Waals surface area contributed by atoms with Gasteiger partial charge in [0.1, 0.15) is 0 Å². The lowest BCUT2D eigenvalue weighted by atomic mass is 10.1. The van der Waals surface area contributed by atoms with Crippen molar-refractivity contribution in [3.05, 3.63) is 71.3 Å². The van der Waals surface area contributed by atoms with Gasteiger partial charge < -0.3 is 19.6 Å². The molecule has 1 aliphatic heterocycles. The molecule has 0 aliphatic carbocycles. The fraction of sp³-hybridized carbons (Fsp3) is 0.385. The molecule has 0 spiro atoms. The van der Waals surface area contributed by atoms with Crippen LogP contribution in [0.2, 0.25) is 0 Å². The van der Waals surface area contributed by atoms with Crippen LogP contribution in [0.3, 0.4) is 0 Å². The van der Waals surface area contributed by atoms with Crippen molar-refractivity contribution in [2.24, 2.45) is 0 Å². The first kappa shape index (κ1) is 23.7. The van der Waals surface area contributed by atoms with E-state index in [0.29, 0.717) is 25.2 Å². The van der Waals surface area contributed by atoms with E-state index in [1.165, 1.54) is 5.56 Å². The molecule has 2 aromatic rings. The van der Waals surface area contributed by atoms with Crippen molar-refractivity contribution >= 4 is 23.5 Å². The summed E-state index contributed by atoms with van der Waals surface area (Å²) in [5.41, 5.74) is 3.94. The van der Waals surface area contributed by atoms with Crippen molar-refractivity contribution in [1.82, 2.24) is 14.7 Å². The fourth-order valence-electron chi connectivity index (χ4n) is 3.87. The van der Waals surface area contributed by atoms with Crippen LogP contribution in [0.4, 0.5) is 5.69 Å². The Hall–Kier alpha value is -2.96. The normalized spacial score (nSPS) is 14.6. The van der Waals surface area contributed by atoms with E-state index in [4.69, 9.17) is 0 Å². The second-order valence-electron chi connectivity index (χ2n) is 8.84. The van der Waals surface area contributed by atoms with E-state index in [-0.39, 0.29) is 11.7 Å². The van der Waals surface area contributed by atoms with Gasteiger partial charge in [-0.1, -0.05) is 42.5 Å². The number of allylic oxidation sites excluding steroid dienone is 1. The molecule has 0 saturated carbocycles. The maximum Gasteiger partial charge on any atom is 0.236 e. The Bertz CT molecular complexity index is 960. The highest BCUT2D eigenvalue weighted by atomic mass is 16.2. The quantitative estimate of drug-likeness (QED) is 0.472. The molecule has 0 atom stereocenters. The number of likely N-dealkylation sites (N-methyl/N-ethyl adjacent to an activating group) is 1. The minimum Gasteiger partial charge on any atom is -0.368 e. The Kier molecular flexibility index (Phi) is 8.20. The summed E-state index contributed by atoms with van der Waals surface area (Å²) in [6, 6.07) is 16.0. The number of benzene rings is 2. The van der Waals surface area contributed by atoms with Gasteiger partial charge in [0, 0.05) is 44.0 Å². The van der Waals surface area contributed by atoms with Crippen LogP contribution >= 0.6 is 0 Å². The standard InChI is InChI=1S/C26H34N4O2/c1-27(2)19-22-8-5-7-21(17-22)11-12-25(31)23-9-6-10-24(18-23)29-13-15-30(16-14-29)26(32)20-28(3)4/h5-12,17-18H,13-16,19-20H2,1-4H3. The molecule has 0 radical (unpaired) electrons. The smallest absolute Gasteiger partial charge is 0.236 e. The highest BCUT2D eigenvalue weighted by molar-refractivity contribution is 6.07. The summed E-state index contributed by atoms with van der Waals surface area (Å²) in [6.07, 6.45) is 3.52. The SMILES string of the molecule is CN(C)CC(=O)N1CCN(c2cccc(C(=O)C=Cc3cccc(CN(C)C)c3)c2)CC1. The zero-order valence-electron chi connectivity index (χ0n) is 19.6. The number of rotatable bonds is 8. The van der Waals surface area contributed by atoms with Crippen molar-refractivity contribution in [1.29, 1.82) is 0 Å². The van der Waals surface area contributed by atoms with E-state index >= 15 is 0 Å². The number of nitrogens with zero attached hydrogens (tertiary/aromatic N) is 4. The van der Waals surface area contributed by atoms with Crippen LogP contribution in [0.25, 0.3) is 6.08 Å². The molecular weight excluding hydrogens is 400 g/mol. The first-order valence-electron chi connectivity index (χ1n) is 11.1. The lowest BCUT2D eigenvalue weighted by Gasteiger charge is -2.36. The number of amides is 1. The number of hydrogen-bond donors (Lipinski definition) is 0. The van der Waals surface area contributed by atoms with E-state index in [0.717, 1.165) is 30.9 Å². The molecular formula is C26H34N4O2. The van der Waals surface area contributed by atoms with E-state index in [2.05, 4.69) is 21.9 Å². The van der Waals surface area contributed by atoms with Crippen LogP contribution in [0, 0.1) is 0 Å². The van der Waals surface area contributed by atoms with Gasteiger partial charge in [0.05, 0.1) is 6.54 Å². The highest BCUT2D eigenvalue weighted by Crippen LogP contribution is 2.19. The molecule has 1 amide bonds. The molecule has 170 valence electrons. The number of carbonyl (C=O) groups is 2. The molecule has 1 saturated heterocycles. The third-order valence-corrected chi connectivity index (χ3v) is 5.46. The largest absolute Gasteiger partial charge is 0.368 e. The molecule has 6 nitrogen and oxygen atoms in total. The maximum atomic E-state index is 12.8. The predicted molar refractivity (Wildman–Crippen MR) is 131 cm³/mol. The Morgan fingerprint density at radius 3 is 2.31 bits per heavy atom. The second-order valence-corrected chi connectivity index (χ2v) is 8.84. The number of piperazine rings is 1. The average molecular weight is 435 g/mol. The summed E-state index contributed by atoms with van der Waals surface area (Å²) in [6.45, 7) is 4.25. The van der Waals surface area contributed by atoms with Crippen LogP contribution in [0.5, 0.6) is 0 Å². The number of hydrogen-bond acceptors (Lipinski definition) is 5. The van der Waals surface area contributed by atoms with Gasteiger partial charge in [0.25, 0.3) is 0 Å². The van der Waals surface area contributed by atoms with Gasteiger partial charge in [-0.2, -0.15) is 0 Å². The summed E-state index contributed by atoms with van der Waals surface area (Å²) < 4.78 is 0. The van der Waals surface area contributed by atoms with Crippen LogP contribution in [0.15, 0.2) is 54.6 Å². The Morgan fingerprint density at radius 1 is 0.906 bits per heavy atom. The lowest BCUT2D eigenvalue weighted by molar-refractivity contribution is -0.132. The van der Waals surface area contributed by atoms with Gasteiger partial charge >= 0.3 is 0 Å². The molecule has 2 aromatic carbocycles. The van der Waals surface area contributed by atoms with Gasteiger partial charge in [-0.25, -0.2) is 0 Å². The van der Waals surface area contributed by atoms with Gasteiger partial charge in [0.2, 0.25) is 5.91 Å². The molecule has 32 heavy (non-hydrogen) atoms. The van der Waals surface area contributed by atoms with Crippen LogP contribution in [0.1, 0.15) is 21.5 Å². The van der Waals surface area contributed by atoms with Crippen LogP contribution in [-0.2, 0) is 11.3 Å². The van der Waals surface area contributed by atoms with Gasteiger partial charge in [-0.15, -0.1) is 0 Å². The maximum absolute atomic E-state index is 12.8. The molecule has 6 heteroatoms. The van der Waals surface area contributed by atoms with E-state index < -0.39 is 0 Å². The van der Waals surface area contributed by atoms with Crippen LogP contribution in [-0.4, -0.2) is 87.3 Å². The predicted octanol–water partition coefficient (Wildman–Crippen LogP) is 2.85. The molecule has 1 aliphatic rings. The minimum absolute atomic E-state index is 0.00957. The summed E-state index contributed by atoms with van der Waals surface area (Å²) in [5, 5.41) is 0. The summed E-state index contributed by atoms with van der Waals surface area (Å²) in [7, 11) is 7.90. The minimum atomic E-state index is -0.00957. The molecule has 0 N–H and O–H groups in total. The third kappa shape index (κ3) is 6.77. The first-order chi connectivity index (χ1) is 15.3.